The molecule has 30 heavy (non-hydrogen) atoms. The maximum atomic E-state index is 13.2. The summed E-state index contributed by atoms with van der Waals surface area (Å²) >= 11 is 0. The van der Waals surface area contributed by atoms with E-state index in [2.05, 4.69) is 10.2 Å². The maximum absolute atomic E-state index is 13.2. The summed E-state index contributed by atoms with van der Waals surface area (Å²) < 4.78 is 0. The topological polar surface area (TPSA) is 52.7 Å². The number of rotatable bonds is 5. The summed E-state index contributed by atoms with van der Waals surface area (Å²) in [6.45, 7) is 2.46. The van der Waals surface area contributed by atoms with Crippen molar-refractivity contribution in [1.82, 2.24) is 9.80 Å². The Hall–Kier alpha value is -3.44. The highest BCUT2D eigenvalue weighted by molar-refractivity contribution is 5.96. The van der Waals surface area contributed by atoms with Gasteiger partial charge < -0.3 is 10.2 Å². The molecule has 2 amide bonds. The summed E-state index contributed by atoms with van der Waals surface area (Å²) in [5.41, 5.74) is 2.43. The fourth-order valence-electron chi connectivity index (χ4n) is 3.84. The quantitative estimate of drug-likeness (QED) is 0.710. The number of amides is 2. The fourth-order valence-corrected chi connectivity index (χ4v) is 3.84. The number of nitrogens with zero attached hydrogens (tertiary/aromatic N) is 2. The SMILES string of the molecule is O=C(Nc1ccccc1)C(c1ccccc1)N1CCN(C(=O)c2ccccc2)CC1. The molecule has 1 saturated heterocycles. The van der Waals surface area contributed by atoms with E-state index in [1.165, 1.54) is 0 Å². The third kappa shape index (κ3) is 4.58. The number of carbonyl (C=O) groups is 2. The molecule has 5 nitrogen and oxygen atoms in total. The molecule has 1 atom stereocenters. The van der Waals surface area contributed by atoms with Crippen molar-refractivity contribution in [3.63, 3.8) is 0 Å². The largest absolute Gasteiger partial charge is 0.336 e. The van der Waals surface area contributed by atoms with E-state index in [-0.39, 0.29) is 11.8 Å². The molecule has 3 aromatic rings. The summed E-state index contributed by atoms with van der Waals surface area (Å²) in [7, 11) is 0. The van der Waals surface area contributed by atoms with Crippen LogP contribution in [0.2, 0.25) is 0 Å². The normalized spacial score (nSPS) is 15.4. The molecule has 1 N–H and O–H groups in total. The minimum absolute atomic E-state index is 0.0419. The Bertz CT molecular complexity index is 969. The smallest absolute Gasteiger partial charge is 0.253 e. The summed E-state index contributed by atoms with van der Waals surface area (Å²) in [5, 5.41) is 3.04. The first-order chi connectivity index (χ1) is 14.7. The van der Waals surface area contributed by atoms with Crippen molar-refractivity contribution in [3.8, 4) is 0 Å². The van der Waals surface area contributed by atoms with E-state index in [4.69, 9.17) is 0 Å². The third-order valence-electron chi connectivity index (χ3n) is 5.39. The molecule has 0 saturated carbocycles. The fraction of sp³-hybridized carbons (Fsp3) is 0.200. The Labute approximate surface area is 176 Å². The van der Waals surface area contributed by atoms with Crippen LogP contribution in [0.5, 0.6) is 0 Å². The zero-order valence-electron chi connectivity index (χ0n) is 16.8. The van der Waals surface area contributed by atoms with Crippen molar-refractivity contribution in [1.29, 1.82) is 0 Å². The van der Waals surface area contributed by atoms with Gasteiger partial charge in [0.2, 0.25) is 5.91 Å². The van der Waals surface area contributed by atoms with Crippen LogP contribution in [0.4, 0.5) is 5.69 Å². The molecule has 1 unspecified atom stereocenters. The number of carbonyl (C=O) groups excluding carboxylic acids is 2. The molecule has 0 aliphatic carbocycles. The molecule has 1 aliphatic heterocycles. The maximum Gasteiger partial charge on any atom is 0.253 e. The van der Waals surface area contributed by atoms with Crippen LogP contribution in [-0.2, 0) is 4.79 Å². The first-order valence-corrected chi connectivity index (χ1v) is 10.2. The predicted molar refractivity (Wildman–Crippen MR) is 118 cm³/mol. The lowest BCUT2D eigenvalue weighted by Crippen LogP contribution is -2.51. The van der Waals surface area contributed by atoms with E-state index in [1.807, 2.05) is 95.9 Å². The van der Waals surface area contributed by atoms with E-state index in [0.717, 1.165) is 11.3 Å². The molecular weight excluding hydrogens is 374 g/mol. The Morgan fingerprint density at radius 1 is 0.700 bits per heavy atom. The van der Waals surface area contributed by atoms with Crippen LogP contribution < -0.4 is 5.32 Å². The number of hydrogen-bond donors (Lipinski definition) is 1. The van der Waals surface area contributed by atoms with Crippen LogP contribution >= 0.6 is 0 Å². The van der Waals surface area contributed by atoms with Gasteiger partial charge in [-0.15, -0.1) is 0 Å². The molecule has 5 heteroatoms. The van der Waals surface area contributed by atoms with Crippen LogP contribution in [0, 0.1) is 0 Å². The van der Waals surface area contributed by atoms with Gasteiger partial charge >= 0.3 is 0 Å². The second kappa shape index (κ2) is 9.37. The van der Waals surface area contributed by atoms with Gasteiger partial charge in [-0.25, -0.2) is 0 Å². The molecule has 0 aromatic heterocycles. The number of para-hydroxylation sites is 1. The Morgan fingerprint density at radius 3 is 1.83 bits per heavy atom. The molecule has 152 valence electrons. The highest BCUT2D eigenvalue weighted by Crippen LogP contribution is 2.24. The van der Waals surface area contributed by atoms with Crippen LogP contribution in [-0.4, -0.2) is 47.8 Å². The van der Waals surface area contributed by atoms with Gasteiger partial charge in [0, 0.05) is 37.4 Å². The average molecular weight is 399 g/mol. The van der Waals surface area contributed by atoms with Crippen molar-refractivity contribution in [2.45, 2.75) is 6.04 Å². The molecule has 3 aromatic carbocycles. The van der Waals surface area contributed by atoms with Gasteiger partial charge in [0.05, 0.1) is 0 Å². The van der Waals surface area contributed by atoms with Crippen LogP contribution in [0.1, 0.15) is 22.0 Å². The predicted octanol–water partition coefficient (Wildman–Crippen LogP) is 3.82. The molecular formula is C25H25N3O2. The summed E-state index contributed by atoms with van der Waals surface area (Å²) in [5.74, 6) is -0.0181. The summed E-state index contributed by atoms with van der Waals surface area (Å²) in [4.78, 5) is 30.0. The Kier molecular flexibility index (Phi) is 6.20. The number of benzene rings is 3. The molecule has 4 rings (SSSR count). The molecule has 0 radical (unpaired) electrons. The van der Waals surface area contributed by atoms with Crippen molar-refractivity contribution < 1.29 is 9.59 Å². The van der Waals surface area contributed by atoms with Gasteiger partial charge in [0.15, 0.2) is 0 Å². The standard InChI is InChI=1S/C25H25N3O2/c29-24(26-22-14-8-3-9-15-22)23(20-10-4-1-5-11-20)27-16-18-28(19-17-27)25(30)21-12-6-2-7-13-21/h1-15,23H,16-19H2,(H,26,29). The molecule has 1 heterocycles. The van der Waals surface area contributed by atoms with Crippen LogP contribution in [0.3, 0.4) is 0 Å². The number of nitrogens with one attached hydrogen (secondary N) is 1. The molecule has 1 fully saturated rings. The highest BCUT2D eigenvalue weighted by atomic mass is 16.2. The van der Waals surface area contributed by atoms with Crippen molar-refractivity contribution in [2.75, 3.05) is 31.5 Å². The van der Waals surface area contributed by atoms with Gasteiger partial charge in [-0.3, -0.25) is 14.5 Å². The zero-order chi connectivity index (χ0) is 20.8. The lowest BCUT2D eigenvalue weighted by atomic mass is 10.0. The molecule has 0 spiro atoms. The summed E-state index contributed by atoms with van der Waals surface area (Å²) in [6, 6.07) is 28.3. The van der Waals surface area contributed by atoms with E-state index in [1.54, 1.807) is 0 Å². The van der Waals surface area contributed by atoms with Crippen LogP contribution in [0.15, 0.2) is 91.0 Å². The number of piperazine rings is 1. The lowest BCUT2D eigenvalue weighted by molar-refractivity contribution is -0.122. The van der Waals surface area contributed by atoms with E-state index in [0.29, 0.717) is 31.7 Å². The van der Waals surface area contributed by atoms with Gasteiger partial charge in [-0.1, -0.05) is 66.7 Å². The minimum Gasteiger partial charge on any atom is -0.336 e. The zero-order valence-corrected chi connectivity index (χ0v) is 16.8. The van der Waals surface area contributed by atoms with E-state index < -0.39 is 6.04 Å². The van der Waals surface area contributed by atoms with Gasteiger partial charge in [-0.2, -0.15) is 0 Å². The summed E-state index contributed by atoms with van der Waals surface area (Å²) in [6.07, 6.45) is 0. The monoisotopic (exact) mass is 399 g/mol. The lowest BCUT2D eigenvalue weighted by Gasteiger charge is -2.38. The average Bonchev–Trinajstić information content (AvgIpc) is 2.81. The molecule has 1 aliphatic rings. The highest BCUT2D eigenvalue weighted by Gasteiger charge is 2.31. The van der Waals surface area contributed by atoms with Gasteiger partial charge in [-0.05, 0) is 29.8 Å². The third-order valence-corrected chi connectivity index (χ3v) is 5.39. The van der Waals surface area contributed by atoms with Crippen molar-refractivity contribution in [3.05, 3.63) is 102 Å². The van der Waals surface area contributed by atoms with E-state index >= 15 is 0 Å². The van der Waals surface area contributed by atoms with Crippen molar-refractivity contribution >= 4 is 17.5 Å². The van der Waals surface area contributed by atoms with Gasteiger partial charge in [0.1, 0.15) is 6.04 Å². The number of hydrogen-bond acceptors (Lipinski definition) is 3. The molecule has 0 bridgehead atoms. The number of anilines is 1. The Balaban J connectivity index is 1.48. The second-order valence-corrected chi connectivity index (χ2v) is 7.36. The van der Waals surface area contributed by atoms with E-state index in [9.17, 15) is 9.59 Å². The Morgan fingerprint density at radius 2 is 1.23 bits per heavy atom. The minimum atomic E-state index is -0.402. The van der Waals surface area contributed by atoms with Crippen LogP contribution in [0.25, 0.3) is 0 Å². The first-order valence-electron chi connectivity index (χ1n) is 10.2. The van der Waals surface area contributed by atoms with Gasteiger partial charge in [0.25, 0.3) is 5.91 Å². The second-order valence-electron chi connectivity index (χ2n) is 7.36. The van der Waals surface area contributed by atoms with Crippen molar-refractivity contribution in [2.24, 2.45) is 0 Å². The first kappa shape index (κ1) is 19.9.